The van der Waals surface area contributed by atoms with Crippen LogP contribution < -0.4 is 5.32 Å². The summed E-state index contributed by atoms with van der Waals surface area (Å²) in [6.45, 7) is 8.72. The fourth-order valence-corrected chi connectivity index (χ4v) is 5.85. The summed E-state index contributed by atoms with van der Waals surface area (Å²) in [5.74, 6) is -0.595. The third-order valence-corrected chi connectivity index (χ3v) is 7.75. The van der Waals surface area contributed by atoms with Crippen molar-refractivity contribution in [3.8, 4) is 10.4 Å². The van der Waals surface area contributed by atoms with E-state index in [-0.39, 0.29) is 30.7 Å². The number of aliphatic hydroxyl groups is 1. The van der Waals surface area contributed by atoms with E-state index < -0.39 is 23.6 Å². The number of carbonyl (C=O) groups excluding carboxylic acids is 3. The largest absolute Gasteiger partial charge is 0.391 e. The van der Waals surface area contributed by atoms with Gasteiger partial charge in [-0.05, 0) is 29.9 Å². The van der Waals surface area contributed by atoms with E-state index in [9.17, 15) is 19.5 Å². The van der Waals surface area contributed by atoms with Gasteiger partial charge in [0.05, 0.1) is 22.2 Å². The highest BCUT2D eigenvalue weighted by Crippen LogP contribution is 2.32. The number of rotatable bonds is 6. The third-order valence-electron chi connectivity index (χ3n) is 6.77. The number of benzene rings is 1. The number of aryl methyl sites for hydroxylation is 1. The number of hydrogen-bond donors (Lipinski definition) is 2. The second-order valence-corrected chi connectivity index (χ2v) is 11.4. The summed E-state index contributed by atoms with van der Waals surface area (Å²) in [4.78, 5) is 47.8. The van der Waals surface area contributed by atoms with E-state index in [0.29, 0.717) is 19.5 Å². The van der Waals surface area contributed by atoms with Crippen LogP contribution in [-0.2, 0) is 20.9 Å². The number of β-amino-alcohol motifs (C(OH)–C–C–N with tert-alkyl or cyclic N) is 1. The number of nitrogens with one attached hydrogen (secondary N) is 1. The maximum atomic E-state index is 13.7. The number of amides is 3. The van der Waals surface area contributed by atoms with Gasteiger partial charge >= 0.3 is 0 Å². The summed E-state index contributed by atoms with van der Waals surface area (Å²) < 4.78 is 0. The first-order valence-corrected chi connectivity index (χ1v) is 13.0. The molecular weight excluding hydrogens is 464 g/mol. The molecule has 4 rings (SSSR count). The molecule has 0 spiro atoms. The Morgan fingerprint density at radius 3 is 2.54 bits per heavy atom. The minimum Gasteiger partial charge on any atom is -0.391 e. The predicted molar refractivity (Wildman–Crippen MR) is 134 cm³/mol. The zero-order valence-electron chi connectivity index (χ0n) is 20.8. The lowest BCUT2D eigenvalue weighted by molar-refractivity contribution is -0.150. The molecule has 3 heterocycles. The molecule has 2 aromatic rings. The molecule has 8 nitrogen and oxygen atoms in total. The molecule has 0 saturated carbocycles. The number of likely N-dealkylation sites (tertiary alicyclic amines) is 2. The Morgan fingerprint density at radius 2 is 1.97 bits per heavy atom. The molecule has 0 unspecified atom stereocenters. The maximum Gasteiger partial charge on any atom is 0.246 e. The Bertz CT molecular complexity index is 1090. The van der Waals surface area contributed by atoms with Crippen molar-refractivity contribution in [1.29, 1.82) is 0 Å². The topological polar surface area (TPSA) is 103 Å². The van der Waals surface area contributed by atoms with Crippen LogP contribution in [0.1, 0.15) is 51.3 Å². The van der Waals surface area contributed by atoms with Gasteiger partial charge in [0.2, 0.25) is 17.7 Å². The monoisotopic (exact) mass is 498 g/mol. The van der Waals surface area contributed by atoms with Crippen LogP contribution in [0.3, 0.4) is 0 Å². The van der Waals surface area contributed by atoms with Crippen molar-refractivity contribution in [1.82, 2.24) is 20.1 Å². The molecule has 2 aliphatic heterocycles. The van der Waals surface area contributed by atoms with E-state index in [1.165, 1.54) is 4.90 Å². The standard InChI is InChI=1S/C26H34N4O4S/c1-16-22(35-15-28-16)18-9-7-17(8-10-18)13-27-24(33)20-12-19(31)14-30(20)25(34)23(26(2,3)4)29-11-5-6-21(29)32/h7-10,15,19-20,23,31H,5-6,11-14H2,1-4H3,(H,27,33)/t19-,20+,23-/m1/s1. The molecule has 2 fully saturated rings. The lowest BCUT2D eigenvalue weighted by atomic mass is 9.84. The van der Waals surface area contributed by atoms with E-state index in [2.05, 4.69) is 10.3 Å². The van der Waals surface area contributed by atoms with Gasteiger partial charge in [0, 0.05) is 32.5 Å². The van der Waals surface area contributed by atoms with E-state index >= 15 is 0 Å². The number of hydrogen-bond acceptors (Lipinski definition) is 6. The van der Waals surface area contributed by atoms with Crippen LogP contribution in [0, 0.1) is 12.3 Å². The predicted octanol–water partition coefficient (Wildman–Crippen LogP) is 2.73. The second-order valence-electron chi connectivity index (χ2n) is 10.5. The Balaban J connectivity index is 1.44. The van der Waals surface area contributed by atoms with Gasteiger partial charge in [0.1, 0.15) is 12.1 Å². The minimum atomic E-state index is -0.772. The summed E-state index contributed by atoms with van der Waals surface area (Å²) in [6, 6.07) is 6.53. The molecule has 2 N–H and O–H groups in total. The Morgan fingerprint density at radius 1 is 1.26 bits per heavy atom. The fraction of sp³-hybridized carbons (Fsp3) is 0.538. The molecule has 0 radical (unpaired) electrons. The maximum absolute atomic E-state index is 13.7. The first kappa shape index (κ1) is 25.3. The first-order chi connectivity index (χ1) is 16.6. The van der Waals surface area contributed by atoms with Crippen LogP contribution in [0.5, 0.6) is 0 Å². The van der Waals surface area contributed by atoms with Gasteiger partial charge in [0.15, 0.2) is 0 Å². The zero-order valence-corrected chi connectivity index (χ0v) is 21.6. The zero-order chi connectivity index (χ0) is 25.3. The number of thiazole rings is 1. The molecule has 1 aromatic heterocycles. The Hall–Kier alpha value is -2.78. The van der Waals surface area contributed by atoms with Crippen molar-refractivity contribution in [3.05, 3.63) is 41.0 Å². The van der Waals surface area contributed by atoms with Crippen LogP contribution in [0.25, 0.3) is 10.4 Å². The number of carbonyl (C=O) groups is 3. The van der Waals surface area contributed by atoms with Gasteiger partial charge in [-0.2, -0.15) is 0 Å². The molecule has 9 heteroatoms. The highest BCUT2D eigenvalue weighted by Gasteiger charge is 2.47. The van der Waals surface area contributed by atoms with E-state index in [4.69, 9.17) is 0 Å². The van der Waals surface area contributed by atoms with E-state index in [0.717, 1.165) is 28.1 Å². The van der Waals surface area contributed by atoms with Gasteiger partial charge in [-0.3, -0.25) is 14.4 Å². The van der Waals surface area contributed by atoms with E-state index in [1.54, 1.807) is 16.2 Å². The van der Waals surface area contributed by atoms with Gasteiger partial charge in [0.25, 0.3) is 0 Å². The lowest BCUT2D eigenvalue weighted by Gasteiger charge is -2.40. The van der Waals surface area contributed by atoms with Crippen molar-refractivity contribution in [2.45, 2.75) is 71.7 Å². The summed E-state index contributed by atoms with van der Waals surface area (Å²) in [5, 5.41) is 13.3. The number of aliphatic hydroxyl groups excluding tert-OH is 1. The summed E-state index contributed by atoms with van der Waals surface area (Å²) >= 11 is 1.59. The van der Waals surface area contributed by atoms with Gasteiger partial charge in [-0.25, -0.2) is 4.98 Å². The summed E-state index contributed by atoms with van der Waals surface area (Å²) in [7, 11) is 0. The van der Waals surface area contributed by atoms with Crippen molar-refractivity contribution < 1.29 is 19.5 Å². The van der Waals surface area contributed by atoms with Crippen LogP contribution in [0.2, 0.25) is 0 Å². The van der Waals surface area contributed by atoms with Crippen LogP contribution in [0.4, 0.5) is 0 Å². The second kappa shape index (κ2) is 10.1. The van der Waals surface area contributed by atoms with Gasteiger partial charge < -0.3 is 20.2 Å². The van der Waals surface area contributed by atoms with Crippen LogP contribution in [-0.4, -0.2) is 68.9 Å². The third kappa shape index (κ3) is 5.41. The quantitative estimate of drug-likeness (QED) is 0.638. The van der Waals surface area contributed by atoms with Crippen molar-refractivity contribution in [2.75, 3.05) is 13.1 Å². The highest BCUT2D eigenvalue weighted by molar-refractivity contribution is 7.13. The van der Waals surface area contributed by atoms with Crippen LogP contribution >= 0.6 is 11.3 Å². The lowest BCUT2D eigenvalue weighted by Crippen LogP contribution is -2.58. The highest BCUT2D eigenvalue weighted by atomic mass is 32.1. The average molecular weight is 499 g/mol. The van der Waals surface area contributed by atoms with E-state index in [1.807, 2.05) is 57.5 Å². The average Bonchev–Trinajstić information content (AvgIpc) is 3.52. The number of aromatic nitrogens is 1. The first-order valence-electron chi connectivity index (χ1n) is 12.1. The molecule has 1 aromatic carbocycles. The minimum absolute atomic E-state index is 0.0315. The molecule has 2 saturated heterocycles. The normalized spacial score (nSPS) is 21.5. The number of nitrogens with zero attached hydrogens (tertiary/aromatic N) is 3. The Kier molecular flexibility index (Phi) is 7.28. The van der Waals surface area contributed by atoms with Gasteiger partial charge in [-0.15, -0.1) is 11.3 Å². The van der Waals surface area contributed by atoms with Crippen LogP contribution in [0.15, 0.2) is 29.8 Å². The molecule has 3 amide bonds. The summed E-state index contributed by atoms with van der Waals surface area (Å²) in [6.07, 6.45) is 0.582. The van der Waals surface area contributed by atoms with Crippen molar-refractivity contribution in [2.24, 2.45) is 5.41 Å². The molecule has 35 heavy (non-hydrogen) atoms. The fourth-order valence-electron chi connectivity index (χ4n) is 5.04. The molecule has 188 valence electrons. The Labute approximate surface area is 210 Å². The summed E-state index contributed by atoms with van der Waals surface area (Å²) in [5.41, 5.74) is 4.34. The van der Waals surface area contributed by atoms with Crippen molar-refractivity contribution in [3.63, 3.8) is 0 Å². The molecular formula is C26H34N4O4S. The smallest absolute Gasteiger partial charge is 0.246 e. The molecule has 0 aliphatic carbocycles. The molecule has 0 bridgehead atoms. The van der Waals surface area contributed by atoms with Crippen molar-refractivity contribution >= 4 is 29.1 Å². The molecule has 3 atom stereocenters. The SMILES string of the molecule is Cc1ncsc1-c1ccc(CNC(=O)[C@@H]2C[C@@H](O)CN2C(=O)[C@@H](N2CCCC2=O)C(C)(C)C)cc1. The van der Waals surface area contributed by atoms with Gasteiger partial charge in [-0.1, -0.05) is 45.0 Å². The molecule has 2 aliphatic rings.